The molecule has 0 saturated heterocycles. The van der Waals surface area contributed by atoms with Crippen LogP contribution in [0.15, 0.2) is 206 Å². The number of hydrogen-bond donors (Lipinski definition) is 0. The van der Waals surface area contributed by atoms with Crippen molar-refractivity contribution < 1.29 is 0 Å². The molecule has 0 aliphatic heterocycles. The second-order valence-corrected chi connectivity index (χ2v) is 10.4. The maximum absolute atomic E-state index is 2.12. The monoisotopic (exact) mass is 873 g/mol. The van der Waals surface area contributed by atoms with Crippen LogP contribution in [-0.4, -0.2) is 0 Å². The highest BCUT2D eigenvalue weighted by Gasteiger charge is 1.87. The summed E-state index contributed by atoms with van der Waals surface area (Å²) in [4.78, 5) is 0. The van der Waals surface area contributed by atoms with E-state index in [1.807, 2.05) is 147 Å². The first-order chi connectivity index (χ1) is 29.7. The Morgan fingerprint density at radius 2 is 0.250 bits per heavy atom. The van der Waals surface area contributed by atoms with Crippen molar-refractivity contribution in [3.63, 3.8) is 0 Å². The summed E-state index contributed by atoms with van der Waals surface area (Å²) in [6.45, 7) is 36.2. The molecule has 0 aliphatic rings. The summed E-state index contributed by atoms with van der Waals surface area (Å²) in [7, 11) is 0. The molecule has 0 nitrogen and oxygen atoms in total. The molecule has 0 amide bonds. The van der Waals surface area contributed by atoms with Gasteiger partial charge in [0.05, 0.1) is 0 Å². The van der Waals surface area contributed by atoms with Gasteiger partial charge in [0.1, 0.15) is 0 Å². The maximum atomic E-state index is 2.12. The van der Waals surface area contributed by atoms with Gasteiger partial charge in [-0.1, -0.05) is 358 Å². The van der Waals surface area contributed by atoms with Gasteiger partial charge in [-0.3, -0.25) is 0 Å². The van der Waals surface area contributed by atoms with E-state index in [4.69, 9.17) is 0 Å². The molecular formula is C64H104. The van der Waals surface area contributed by atoms with Crippen LogP contribution in [0.2, 0.25) is 0 Å². The summed E-state index contributed by atoms with van der Waals surface area (Å²) in [5.74, 6) is 0. The summed E-state index contributed by atoms with van der Waals surface area (Å²) in [5.41, 5.74) is 2.64. The molecule has 0 radical (unpaired) electrons. The van der Waals surface area contributed by atoms with Crippen LogP contribution in [0.5, 0.6) is 0 Å². The zero-order chi connectivity index (χ0) is 46.7. The van der Waals surface area contributed by atoms with Gasteiger partial charge in [0.25, 0.3) is 0 Å². The Morgan fingerprint density at radius 1 is 0.156 bits per heavy atom. The van der Waals surface area contributed by atoms with E-state index in [1.54, 1.807) is 0 Å². The van der Waals surface area contributed by atoms with Gasteiger partial charge in [0, 0.05) is 0 Å². The van der Waals surface area contributed by atoms with Gasteiger partial charge in [0.15, 0.2) is 0 Å². The quantitative estimate of drug-likeness (QED) is 0.142. The fourth-order valence-corrected chi connectivity index (χ4v) is 4.47. The summed E-state index contributed by atoms with van der Waals surface area (Å²) >= 11 is 0. The summed E-state index contributed by atoms with van der Waals surface area (Å²) in [6, 6.07) is 70.7. The number of benzene rings is 8. The van der Waals surface area contributed by atoms with Crippen molar-refractivity contribution in [2.24, 2.45) is 0 Å². The molecule has 8 aromatic rings. The molecular weight excluding hydrogens is 769 g/mol. The molecule has 360 valence electrons. The van der Waals surface area contributed by atoms with Gasteiger partial charge >= 0.3 is 0 Å². The minimum Gasteiger partial charge on any atom is -0.0776 e. The highest BCUT2D eigenvalue weighted by atomic mass is 13.9. The van der Waals surface area contributed by atoms with E-state index in [-0.39, 0.29) is 29.7 Å². The molecule has 8 rings (SSSR count). The normalized spacial score (nSPS) is 7.34. The lowest BCUT2D eigenvalue weighted by atomic mass is 10.1. The van der Waals surface area contributed by atoms with E-state index < -0.39 is 0 Å². The summed E-state index contributed by atoms with van der Waals surface area (Å²) < 4.78 is 0. The minimum atomic E-state index is 0. The Labute approximate surface area is 402 Å². The molecule has 0 aliphatic carbocycles. The van der Waals surface area contributed by atoms with Crippen molar-refractivity contribution in [1.82, 2.24) is 0 Å². The predicted octanol–water partition coefficient (Wildman–Crippen LogP) is 23.3. The lowest BCUT2D eigenvalue weighted by Gasteiger charge is -1.92. The molecule has 0 atom stereocenters. The molecule has 0 aromatic heterocycles. The minimum absolute atomic E-state index is 0. The fraction of sp³-hybridized carbons (Fsp3) is 0.344. The second kappa shape index (κ2) is 66.6. The van der Waals surface area contributed by atoms with Crippen molar-refractivity contribution in [1.29, 1.82) is 0 Å². The molecule has 0 fully saturated rings. The molecule has 0 heteroatoms. The standard InChI is InChI=1S/3C10H8.2C7H8.8C2H6.4CH4/c3*1-2-6-10-8-4-3-7-9(10)5-1;2*1-7-5-3-2-4-6-7;8*1-2;;;;/h3*1-8H;2*2-6H,1H3;8*1-2H3;4*1H4. The van der Waals surface area contributed by atoms with Crippen LogP contribution in [0.25, 0.3) is 32.3 Å². The van der Waals surface area contributed by atoms with Crippen LogP contribution in [-0.2, 0) is 0 Å². The molecule has 8 aromatic carbocycles. The highest BCUT2D eigenvalue weighted by molar-refractivity contribution is 5.83. The van der Waals surface area contributed by atoms with Crippen LogP contribution >= 0.6 is 0 Å². The van der Waals surface area contributed by atoms with Gasteiger partial charge in [-0.05, 0) is 46.2 Å². The third kappa shape index (κ3) is 41.9. The first-order valence-corrected chi connectivity index (χ1v) is 23.0. The van der Waals surface area contributed by atoms with Crippen molar-refractivity contribution in [3.8, 4) is 0 Å². The third-order valence-corrected chi connectivity index (χ3v) is 6.86. The first kappa shape index (κ1) is 79.0. The Kier molecular flexibility index (Phi) is 82.2. The summed E-state index contributed by atoms with van der Waals surface area (Å²) in [5, 5.41) is 7.86. The molecule has 0 heterocycles. The van der Waals surface area contributed by atoms with Crippen molar-refractivity contribution in [2.75, 3.05) is 0 Å². The van der Waals surface area contributed by atoms with Crippen LogP contribution in [0.1, 0.15) is 152 Å². The zero-order valence-electron chi connectivity index (χ0n) is 41.6. The van der Waals surface area contributed by atoms with Gasteiger partial charge in [-0.2, -0.15) is 0 Å². The third-order valence-electron chi connectivity index (χ3n) is 6.86. The highest BCUT2D eigenvalue weighted by Crippen LogP contribution is 2.13. The van der Waals surface area contributed by atoms with Crippen LogP contribution < -0.4 is 0 Å². The van der Waals surface area contributed by atoms with E-state index in [9.17, 15) is 0 Å². The topological polar surface area (TPSA) is 0 Å². The van der Waals surface area contributed by atoms with Gasteiger partial charge in [0.2, 0.25) is 0 Å². The Balaban J connectivity index is -0.0000000775. The van der Waals surface area contributed by atoms with Gasteiger partial charge in [-0.25, -0.2) is 0 Å². The Hall–Kier alpha value is -5.46. The lowest BCUT2D eigenvalue weighted by Crippen LogP contribution is -1.67. The number of rotatable bonds is 0. The van der Waals surface area contributed by atoms with Crippen LogP contribution in [0, 0.1) is 13.8 Å². The molecule has 0 unspecified atom stereocenters. The maximum Gasteiger partial charge on any atom is -0.0184 e. The van der Waals surface area contributed by atoms with Gasteiger partial charge < -0.3 is 0 Å². The summed E-state index contributed by atoms with van der Waals surface area (Å²) in [6.07, 6.45) is 0. The zero-order valence-corrected chi connectivity index (χ0v) is 41.6. The van der Waals surface area contributed by atoms with E-state index in [1.165, 1.54) is 43.4 Å². The average molecular weight is 874 g/mol. The number of aryl methyl sites for hydroxylation is 2. The molecule has 0 bridgehead atoms. The molecule has 0 spiro atoms. The molecule has 0 N–H and O–H groups in total. The van der Waals surface area contributed by atoms with Crippen molar-refractivity contribution in [3.05, 3.63) is 217 Å². The second-order valence-electron chi connectivity index (χ2n) is 10.4. The average Bonchev–Trinajstić information content (AvgIpc) is 3.38. The van der Waals surface area contributed by atoms with E-state index in [0.29, 0.717) is 0 Å². The fourth-order valence-electron chi connectivity index (χ4n) is 4.47. The molecule has 0 saturated carbocycles. The van der Waals surface area contributed by atoms with E-state index >= 15 is 0 Å². The van der Waals surface area contributed by atoms with Crippen molar-refractivity contribution in [2.45, 2.75) is 154 Å². The van der Waals surface area contributed by atoms with Crippen molar-refractivity contribution >= 4 is 32.3 Å². The van der Waals surface area contributed by atoms with Crippen LogP contribution in [0.3, 0.4) is 0 Å². The molecule has 64 heavy (non-hydrogen) atoms. The smallest absolute Gasteiger partial charge is 0.0184 e. The SMILES string of the molecule is C.C.C.C.CC.CC.CC.CC.CC.CC.CC.CC.Cc1ccccc1.Cc1ccccc1.c1ccc2ccccc2c1.c1ccc2ccccc2c1.c1ccc2ccccc2c1. The van der Waals surface area contributed by atoms with Crippen LogP contribution in [0.4, 0.5) is 0 Å². The van der Waals surface area contributed by atoms with E-state index in [2.05, 4.69) is 184 Å². The first-order valence-electron chi connectivity index (χ1n) is 23.0. The largest absolute Gasteiger partial charge is 0.0776 e. The van der Waals surface area contributed by atoms with Gasteiger partial charge in [-0.15, -0.1) is 0 Å². The lowest BCUT2D eigenvalue weighted by molar-refractivity contribution is 1.48. The van der Waals surface area contributed by atoms with E-state index in [0.717, 1.165) is 0 Å². The Bertz CT molecular complexity index is 1520. The predicted molar refractivity (Wildman–Crippen MR) is 312 cm³/mol. The number of hydrogen-bond acceptors (Lipinski definition) is 0. The Morgan fingerprint density at radius 3 is 0.328 bits per heavy atom. The number of fused-ring (bicyclic) bond motifs is 3.